The number of aliphatic hydroxyl groups excluding tert-OH is 1. The van der Waals surface area contributed by atoms with Crippen LogP contribution in [0.5, 0.6) is 0 Å². The van der Waals surface area contributed by atoms with Crippen molar-refractivity contribution in [2.24, 2.45) is 0 Å². The van der Waals surface area contributed by atoms with Crippen LogP contribution in [0.4, 0.5) is 0 Å². The maximum atomic E-state index is 12.1. The van der Waals surface area contributed by atoms with Crippen molar-refractivity contribution in [1.29, 1.82) is 0 Å². The van der Waals surface area contributed by atoms with Crippen LogP contribution in [-0.2, 0) is 16.4 Å². The summed E-state index contributed by atoms with van der Waals surface area (Å²) in [6.07, 6.45) is 1.26. The number of aliphatic hydroxyl groups is 1. The van der Waals surface area contributed by atoms with Crippen molar-refractivity contribution in [3.05, 3.63) is 35.9 Å². The van der Waals surface area contributed by atoms with Crippen molar-refractivity contribution in [2.75, 3.05) is 25.4 Å². The normalized spacial score (nSPS) is 11.9. The summed E-state index contributed by atoms with van der Waals surface area (Å²) in [5.41, 5.74) is 1.02. The van der Waals surface area contributed by atoms with Crippen molar-refractivity contribution < 1.29 is 13.5 Å². The van der Waals surface area contributed by atoms with Crippen molar-refractivity contribution in [1.82, 2.24) is 4.31 Å². The first-order chi connectivity index (χ1) is 8.60. The van der Waals surface area contributed by atoms with Gasteiger partial charge in [0.1, 0.15) is 0 Å². The topological polar surface area (TPSA) is 57.6 Å². The molecule has 1 rings (SSSR count). The third kappa shape index (κ3) is 4.76. The molecule has 1 aromatic rings. The molecule has 18 heavy (non-hydrogen) atoms. The van der Waals surface area contributed by atoms with Gasteiger partial charge < -0.3 is 5.11 Å². The van der Waals surface area contributed by atoms with Crippen molar-refractivity contribution in [3.8, 4) is 0 Å². The van der Waals surface area contributed by atoms with Crippen molar-refractivity contribution >= 4 is 10.0 Å². The quantitative estimate of drug-likeness (QED) is 0.774. The molecule has 0 unspecified atom stereocenters. The molecule has 0 saturated heterocycles. The Balaban J connectivity index is 2.62. The Morgan fingerprint density at radius 3 is 2.39 bits per heavy atom. The molecule has 0 fully saturated rings. The van der Waals surface area contributed by atoms with E-state index in [9.17, 15) is 8.42 Å². The highest BCUT2D eigenvalue weighted by atomic mass is 32.2. The summed E-state index contributed by atoms with van der Waals surface area (Å²) in [5.74, 6) is 0.0943. The van der Waals surface area contributed by atoms with Crippen molar-refractivity contribution in [2.45, 2.75) is 19.8 Å². The van der Waals surface area contributed by atoms with Gasteiger partial charge >= 0.3 is 0 Å². The second-order valence-electron chi connectivity index (χ2n) is 4.17. The molecule has 0 aliphatic rings. The minimum Gasteiger partial charge on any atom is -0.395 e. The smallest absolute Gasteiger partial charge is 0.214 e. The van der Waals surface area contributed by atoms with Gasteiger partial charge in [-0.15, -0.1) is 0 Å². The molecule has 5 heteroatoms. The second kappa shape index (κ2) is 7.51. The van der Waals surface area contributed by atoms with E-state index in [-0.39, 0.29) is 18.9 Å². The zero-order valence-corrected chi connectivity index (χ0v) is 11.6. The summed E-state index contributed by atoms with van der Waals surface area (Å²) >= 11 is 0. The fraction of sp³-hybridized carbons (Fsp3) is 0.538. The maximum Gasteiger partial charge on any atom is 0.214 e. The first-order valence-electron chi connectivity index (χ1n) is 6.22. The molecule has 4 nitrogen and oxygen atoms in total. The summed E-state index contributed by atoms with van der Waals surface area (Å²) in [5, 5.41) is 8.91. The third-order valence-electron chi connectivity index (χ3n) is 2.71. The van der Waals surface area contributed by atoms with Crippen molar-refractivity contribution in [3.63, 3.8) is 0 Å². The molecule has 0 aliphatic heterocycles. The number of rotatable bonds is 8. The average molecular weight is 271 g/mol. The predicted octanol–water partition coefficient (Wildman–Crippen LogP) is 1.26. The van der Waals surface area contributed by atoms with E-state index in [2.05, 4.69) is 0 Å². The van der Waals surface area contributed by atoms with Gasteiger partial charge in [0.05, 0.1) is 12.4 Å². The monoisotopic (exact) mass is 271 g/mol. The van der Waals surface area contributed by atoms with Crippen LogP contribution in [0.15, 0.2) is 30.3 Å². The summed E-state index contributed by atoms with van der Waals surface area (Å²) in [7, 11) is -3.27. The third-order valence-corrected chi connectivity index (χ3v) is 4.58. The molecule has 0 spiro atoms. The van der Waals surface area contributed by atoms with Gasteiger partial charge in [-0.2, -0.15) is 4.31 Å². The fourth-order valence-corrected chi connectivity index (χ4v) is 3.34. The summed E-state index contributed by atoms with van der Waals surface area (Å²) in [4.78, 5) is 0. The summed E-state index contributed by atoms with van der Waals surface area (Å²) in [6.45, 7) is 2.45. The Labute approximate surface area is 109 Å². The Morgan fingerprint density at radius 1 is 1.17 bits per heavy atom. The van der Waals surface area contributed by atoms with E-state index in [1.165, 1.54) is 4.31 Å². The van der Waals surface area contributed by atoms with E-state index in [1.54, 1.807) is 0 Å². The standard InChI is InChI=1S/C13H21NO3S/c1-2-9-14(10-11-15)18(16,17)12-8-13-6-4-3-5-7-13/h3-7,15H,2,8-12H2,1H3. The van der Waals surface area contributed by atoms with Gasteiger partial charge in [0.2, 0.25) is 10.0 Å². The lowest BCUT2D eigenvalue weighted by Gasteiger charge is -2.20. The Morgan fingerprint density at radius 2 is 1.83 bits per heavy atom. The first kappa shape index (κ1) is 15.1. The van der Waals surface area contributed by atoms with Crippen LogP contribution < -0.4 is 0 Å². The molecule has 0 amide bonds. The second-order valence-corrected chi connectivity index (χ2v) is 6.26. The van der Waals surface area contributed by atoms with E-state index < -0.39 is 10.0 Å². The van der Waals surface area contributed by atoms with Gasteiger partial charge in [0, 0.05) is 13.1 Å². The number of aryl methyl sites for hydroxylation is 1. The predicted molar refractivity (Wildman–Crippen MR) is 72.9 cm³/mol. The molecule has 0 heterocycles. The van der Waals surface area contributed by atoms with Crippen LogP contribution in [0.25, 0.3) is 0 Å². The van der Waals surface area contributed by atoms with Gasteiger partial charge in [0.15, 0.2) is 0 Å². The molecule has 1 N–H and O–H groups in total. The van der Waals surface area contributed by atoms with E-state index in [0.717, 1.165) is 12.0 Å². The SMILES string of the molecule is CCCN(CCO)S(=O)(=O)CCc1ccccc1. The lowest BCUT2D eigenvalue weighted by Crippen LogP contribution is -2.36. The number of hydrogen-bond donors (Lipinski definition) is 1. The van der Waals surface area contributed by atoms with E-state index >= 15 is 0 Å². The number of hydrogen-bond acceptors (Lipinski definition) is 3. The highest BCUT2D eigenvalue weighted by Gasteiger charge is 2.20. The first-order valence-corrected chi connectivity index (χ1v) is 7.83. The molecule has 0 atom stereocenters. The molecule has 0 aliphatic carbocycles. The van der Waals surface area contributed by atoms with Crippen LogP contribution in [-0.4, -0.2) is 43.3 Å². The van der Waals surface area contributed by atoms with Crippen LogP contribution in [0.3, 0.4) is 0 Å². The zero-order valence-electron chi connectivity index (χ0n) is 10.7. The van der Waals surface area contributed by atoms with Crippen LogP contribution in [0.2, 0.25) is 0 Å². The highest BCUT2D eigenvalue weighted by molar-refractivity contribution is 7.89. The van der Waals surface area contributed by atoms with Crippen LogP contribution >= 0.6 is 0 Å². The molecule has 0 aromatic heterocycles. The number of sulfonamides is 1. The number of benzene rings is 1. The largest absolute Gasteiger partial charge is 0.395 e. The molecule has 0 bridgehead atoms. The molecule has 0 radical (unpaired) electrons. The molecule has 0 saturated carbocycles. The Kier molecular flexibility index (Phi) is 6.32. The Bertz CT molecular complexity index is 425. The fourth-order valence-electron chi connectivity index (χ4n) is 1.77. The lowest BCUT2D eigenvalue weighted by atomic mass is 10.2. The molecule has 102 valence electrons. The van der Waals surface area contributed by atoms with Gasteiger partial charge in [-0.05, 0) is 18.4 Å². The maximum absolute atomic E-state index is 12.1. The summed E-state index contributed by atoms with van der Waals surface area (Å²) < 4.78 is 25.6. The van der Waals surface area contributed by atoms with Crippen LogP contribution in [0, 0.1) is 0 Å². The van der Waals surface area contributed by atoms with Gasteiger partial charge in [-0.25, -0.2) is 8.42 Å². The number of nitrogens with zero attached hydrogens (tertiary/aromatic N) is 1. The lowest BCUT2D eigenvalue weighted by molar-refractivity contribution is 0.253. The van der Waals surface area contributed by atoms with E-state index in [4.69, 9.17) is 5.11 Å². The minimum absolute atomic E-state index is 0.0943. The minimum atomic E-state index is -3.27. The summed E-state index contributed by atoms with van der Waals surface area (Å²) in [6, 6.07) is 9.56. The molecular formula is C13H21NO3S. The Hall–Kier alpha value is -0.910. The van der Waals surface area contributed by atoms with Gasteiger partial charge in [0.25, 0.3) is 0 Å². The van der Waals surface area contributed by atoms with E-state index in [1.807, 2.05) is 37.3 Å². The average Bonchev–Trinajstić information content (AvgIpc) is 2.37. The molecular weight excluding hydrogens is 250 g/mol. The van der Waals surface area contributed by atoms with Crippen LogP contribution in [0.1, 0.15) is 18.9 Å². The van der Waals surface area contributed by atoms with Gasteiger partial charge in [-0.1, -0.05) is 37.3 Å². The molecule has 1 aromatic carbocycles. The highest BCUT2D eigenvalue weighted by Crippen LogP contribution is 2.07. The van der Waals surface area contributed by atoms with Gasteiger partial charge in [-0.3, -0.25) is 0 Å². The van der Waals surface area contributed by atoms with E-state index in [0.29, 0.717) is 13.0 Å². The zero-order chi connectivity index (χ0) is 13.4.